The lowest BCUT2D eigenvalue weighted by Gasteiger charge is -2.10. The first-order valence-corrected chi connectivity index (χ1v) is 8.61. The van der Waals surface area contributed by atoms with Crippen LogP contribution in [0.2, 0.25) is 0 Å². The van der Waals surface area contributed by atoms with Crippen LogP contribution >= 0.6 is 0 Å². The Hall–Kier alpha value is -2.59. The van der Waals surface area contributed by atoms with Crippen LogP contribution in [0.1, 0.15) is 6.42 Å². The summed E-state index contributed by atoms with van der Waals surface area (Å²) in [7, 11) is 4.39. The van der Waals surface area contributed by atoms with Crippen molar-refractivity contribution in [3.8, 4) is 0 Å². The van der Waals surface area contributed by atoms with E-state index in [1.54, 1.807) is 0 Å². The minimum Gasteiger partial charge on any atom is -0.382 e. The third-order valence-corrected chi connectivity index (χ3v) is 4.57. The molecule has 2 aromatic heterocycles. The predicted molar refractivity (Wildman–Crippen MR) is 101 cm³/mol. The smallest absolute Gasteiger partial charge is 0.239 e. The molecule has 24 heavy (non-hydrogen) atoms. The molecule has 4 heteroatoms. The van der Waals surface area contributed by atoms with Crippen LogP contribution in [0.4, 0.5) is 5.69 Å². The largest absolute Gasteiger partial charge is 0.382 e. The number of anilines is 1. The standard InChI is InChI=1S/C20H22N4/c1-24(2)13-7-12-21-18-14-8-3-5-10-16(14)22-19-15-9-4-6-11-17(15)23-20(18)19/h3-6,8-11,23H,7,12-13H2,1-2H3,(H,21,22)/p+2. The number of benzene rings is 2. The van der Waals surface area contributed by atoms with Crippen molar-refractivity contribution in [3.63, 3.8) is 0 Å². The minimum atomic E-state index is 0.976. The van der Waals surface area contributed by atoms with Gasteiger partial charge in [0.2, 0.25) is 11.0 Å². The Bertz CT molecular complexity index is 1000. The molecular weight excluding hydrogens is 296 g/mol. The number of aromatic nitrogens is 2. The van der Waals surface area contributed by atoms with Gasteiger partial charge in [-0.2, -0.15) is 0 Å². The molecule has 4 rings (SSSR count). The van der Waals surface area contributed by atoms with Crippen molar-refractivity contribution in [1.82, 2.24) is 4.98 Å². The van der Waals surface area contributed by atoms with Crippen molar-refractivity contribution in [1.29, 1.82) is 0 Å². The number of quaternary nitrogens is 1. The van der Waals surface area contributed by atoms with Gasteiger partial charge >= 0.3 is 0 Å². The van der Waals surface area contributed by atoms with Gasteiger partial charge in [-0.25, -0.2) is 4.98 Å². The van der Waals surface area contributed by atoms with E-state index in [-0.39, 0.29) is 0 Å². The SMILES string of the molecule is C[NH+](C)CCCNc1c2ccccc2[nH+]c2c1[nH]c1ccccc12. The molecule has 2 heterocycles. The normalized spacial score (nSPS) is 11.8. The molecule has 4 N–H and O–H groups in total. The fraction of sp³-hybridized carbons (Fsp3) is 0.250. The van der Waals surface area contributed by atoms with Crippen molar-refractivity contribution in [2.75, 3.05) is 32.5 Å². The van der Waals surface area contributed by atoms with E-state index in [1.807, 2.05) is 0 Å². The molecule has 0 aliphatic carbocycles. The van der Waals surface area contributed by atoms with Gasteiger partial charge in [0.15, 0.2) is 0 Å². The third-order valence-electron chi connectivity index (χ3n) is 4.57. The Labute approximate surface area is 141 Å². The summed E-state index contributed by atoms with van der Waals surface area (Å²) in [5, 5.41) is 6.15. The maximum absolute atomic E-state index is 3.68. The number of hydrogen-bond acceptors (Lipinski definition) is 1. The van der Waals surface area contributed by atoms with Gasteiger partial charge in [-0.15, -0.1) is 0 Å². The zero-order valence-corrected chi connectivity index (χ0v) is 14.2. The molecule has 0 saturated heterocycles. The molecule has 0 aliphatic heterocycles. The number of fused-ring (bicyclic) bond motifs is 4. The number of H-pyrrole nitrogens is 2. The first-order valence-electron chi connectivity index (χ1n) is 8.61. The maximum atomic E-state index is 3.68. The number of aromatic amines is 2. The lowest BCUT2D eigenvalue weighted by Crippen LogP contribution is -3.05. The van der Waals surface area contributed by atoms with Crippen molar-refractivity contribution in [2.45, 2.75) is 6.42 Å². The van der Waals surface area contributed by atoms with Crippen LogP contribution < -0.4 is 15.2 Å². The van der Waals surface area contributed by atoms with Crippen LogP contribution in [0.3, 0.4) is 0 Å². The monoisotopic (exact) mass is 320 g/mol. The molecule has 2 aromatic carbocycles. The number of pyridine rings is 1. The van der Waals surface area contributed by atoms with Gasteiger partial charge in [0.05, 0.1) is 42.6 Å². The van der Waals surface area contributed by atoms with E-state index in [4.69, 9.17) is 0 Å². The summed E-state index contributed by atoms with van der Waals surface area (Å²) in [6.45, 7) is 2.14. The lowest BCUT2D eigenvalue weighted by molar-refractivity contribution is -0.858. The van der Waals surface area contributed by atoms with Crippen molar-refractivity contribution >= 4 is 38.5 Å². The molecule has 0 aliphatic rings. The van der Waals surface area contributed by atoms with E-state index in [0.29, 0.717) is 0 Å². The van der Waals surface area contributed by atoms with Gasteiger partial charge in [0.25, 0.3) is 0 Å². The van der Waals surface area contributed by atoms with Crippen molar-refractivity contribution in [3.05, 3.63) is 48.5 Å². The highest BCUT2D eigenvalue weighted by Gasteiger charge is 2.18. The third kappa shape index (κ3) is 2.59. The second kappa shape index (κ2) is 6.13. The molecule has 0 saturated carbocycles. The summed E-state index contributed by atoms with van der Waals surface area (Å²) in [5.74, 6) is 0. The molecule has 0 unspecified atom stereocenters. The first kappa shape index (κ1) is 15.0. The summed E-state index contributed by atoms with van der Waals surface area (Å²) in [6, 6.07) is 17.0. The second-order valence-corrected chi connectivity index (χ2v) is 6.70. The van der Waals surface area contributed by atoms with Crippen LogP contribution in [0.5, 0.6) is 0 Å². The molecule has 0 fully saturated rings. The molecule has 0 amide bonds. The Kier molecular flexibility index (Phi) is 3.82. The first-order chi connectivity index (χ1) is 11.7. The van der Waals surface area contributed by atoms with Crippen LogP contribution in [0.15, 0.2) is 48.5 Å². The zero-order valence-electron chi connectivity index (χ0n) is 14.2. The molecular formula is C20H24N4+2. The van der Waals surface area contributed by atoms with E-state index in [0.717, 1.165) is 24.0 Å². The Morgan fingerprint density at radius 2 is 1.75 bits per heavy atom. The van der Waals surface area contributed by atoms with Crippen LogP contribution in [-0.4, -0.2) is 32.2 Å². The number of rotatable bonds is 5. The van der Waals surface area contributed by atoms with E-state index in [9.17, 15) is 0 Å². The molecule has 0 radical (unpaired) electrons. The minimum absolute atomic E-state index is 0.976. The summed E-state index contributed by atoms with van der Waals surface area (Å²) in [4.78, 5) is 8.68. The Balaban J connectivity index is 1.86. The van der Waals surface area contributed by atoms with E-state index < -0.39 is 0 Å². The average molecular weight is 320 g/mol. The number of para-hydroxylation sites is 2. The van der Waals surface area contributed by atoms with E-state index >= 15 is 0 Å². The van der Waals surface area contributed by atoms with Gasteiger partial charge in [-0.3, -0.25) is 0 Å². The fourth-order valence-electron chi connectivity index (χ4n) is 3.38. The van der Waals surface area contributed by atoms with Gasteiger partial charge in [0.1, 0.15) is 5.52 Å². The quantitative estimate of drug-likeness (QED) is 0.485. The van der Waals surface area contributed by atoms with Crippen LogP contribution in [0.25, 0.3) is 32.8 Å². The summed E-state index contributed by atoms with van der Waals surface area (Å²) >= 11 is 0. The average Bonchev–Trinajstić information content (AvgIpc) is 2.96. The lowest BCUT2D eigenvalue weighted by atomic mass is 10.1. The highest BCUT2D eigenvalue weighted by atomic mass is 15.1. The Morgan fingerprint density at radius 1 is 1.00 bits per heavy atom. The highest BCUT2D eigenvalue weighted by molar-refractivity contribution is 6.12. The summed E-state index contributed by atoms with van der Waals surface area (Å²) < 4.78 is 0. The van der Waals surface area contributed by atoms with Crippen molar-refractivity contribution in [2.24, 2.45) is 0 Å². The van der Waals surface area contributed by atoms with Gasteiger partial charge in [-0.05, 0) is 18.2 Å². The molecule has 4 aromatic rings. The van der Waals surface area contributed by atoms with Crippen LogP contribution in [0, 0.1) is 0 Å². The zero-order chi connectivity index (χ0) is 16.5. The van der Waals surface area contributed by atoms with Gasteiger partial charge in [-0.1, -0.05) is 24.3 Å². The van der Waals surface area contributed by atoms with E-state index in [2.05, 4.69) is 77.9 Å². The number of nitrogens with one attached hydrogen (secondary N) is 4. The molecule has 0 bridgehead atoms. The van der Waals surface area contributed by atoms with Crippen LogP contribution in [-0.2, 0) is 0 Å². The second-order valence-electron chi connectivity index (χ2n) is 6.70. The highest BCUT2D eigenvalue weighted by Crippen LogP contribution is 2.32. The topological polar surface area (TPSA) is 46.4 Å². The fourth-order valence-corrected chi connectivity index (χ4v) is 3.38. The Morgan fingerprint density at radius 3 is 2.58 bits per heavy atom. The summed E-state index contributed by atoms with van der Waals surface area (Å²) in [6.07, 6.45) is 1.15. The van der Waals surface area contributed by atoms with E-state index in [1.165, 1.54) is 38.9 Å². The van der Waals surface area contributed by atoms with Crippen molar-refractivity contribution < 1.29 is 9.88 Å². The molecule has 0 spiro atoms. The predicted octanol–water partition coefficient (Wildman–Crippen LogP) is 2.23. The molecule has 122 valence electrons. The maximum Gasteiger partial charge on any atom is 0.239 e. The van der Waals surface area contributed by atoms with Gasteiger partial charge in [0, 0.05) is 19.0 Å². The summed E-state index contributed by atoms with van der Waals surface area (Å²) in [5.41, 5.74) is 5.86. The number of hydrogen-bond donors (Lipinski definition) is 3. The molecule has 4 nitrogen and oxygen atoms in total. The molecule has 0 atom stereocenters. The van der Waals surface area contributed by atoms with Gasteiger partial charge < -0.3 is 15.2 Å².